The molecule has 0 spiro atoms. The molecule has 0 heterocycles. The van der Waals surface area contributed by atoms with Crippen molar-refractivity contribution in [3.05, 3.63) is 28.8 Å². The third-order valence-electron chi connectivity index (χ3n) is 3.06. The van der Waals surface area contributed by atoms with Gasteiger partial charge in [0.05, 0.1) is 27.4 Å². The Hall–Kier alpha value is -2.50. The zero-order chi connectivity index (χ0) is 17.4. The fraction of sp³-hybridized carbons (Fsp3) is 0.412. The van der Waals surface area contributed by atoms with Gasteiger partial charge in [-0.3, -0.25) is 0 Å². The molecule has 0 N–H and O–H groups in total. The molecule has 0 fully saturated rings. The van der Waals surface area contributed by atoms with E-state index in [2.05, 4.69) is 0 Å². The Balaban J connectivity index is 3.35. The number of benzene rings is 1. The Kier molecular flexibility index (Phi) is 7.12. The summed E-state index contributed by atoms with van der Waals surface area (Å²) in [6.07, 6.45) is 1.44. The molecule has 6 heteroatoms. The van der Waals surface area contributed by atoms with Crippen LogP contribution in [0.15, 0.2) is 17.7 Å². The molecule has 0 unspecified atom stereocenters. The van der Waals surface area contributed by atoms with Crippen LogP contribution in [0.1, 0.15) is 25.0 Å². The van der Waals surface area contributed by atoms with Gasteiger partial charge in [-0.2, -0.15) is 0 Å². The monoisotopic (exact) mass is 322 g/mol. The van der Waals surface area contributed by atoms with E-state index in [4.69, 9.17) is 18.9 Å². The number of aryl methyl sites for hydroxylation is 1. The number of hydrogen-bond acceptors (Lipinski definition) is 6. The summed E-state index contributed by atoms with van der Waals surface area (Å²) in [5.41, 5.74) is 1.29. The summed E-state index contributed by atoms with van der Waals surface area (Å²) in [6, 6.07) is 3.45. The summed E-state index contributed by atoms with van der Waals surface area (Å²) in [5, 5.41) is 0. The van der Waals surface area contributed by atoms with Crippen LogP contribution in [-0.4, -0.2) is 39.4 Å². The first-order valence-electron chi connectivity index (χ1n) is 7.26. The van der Waals surface area contributed by atoms with Crippen molar-refractivity contribution in [2.24, 2.45) is 0 Å². The van der Waals surface area contributed by atoms with E-state index < -0.39 is 11.9 Å². The van der Waals surface area contributed by atoms with E-state index in [0.29, 0.717) is 17.1 Å². The molecule has 0 aliphatic rings. The number of methoxy groups -OCH3 is 2. The standard InChI is InChI=1S/C17H22O6/c1-6-22-16(18)13(17(19)23-7-2)9-12-10-15(21-5)14(20-4)8-11(12)3/h8-10H,6-7H2,1-5H3. The minimum absolute atomic E-state index is 0.163. The van der Waals surface area contributed by atoms with E-state index in [-0.39, 0.29) is 18.8 Å². The molecule has 1 rings (SSSR count). The molecule has 1 aromatic rings. The first kappa shape index (κ1) is 18.5. The summed E-state index contributed by atoms with van der Waals surface area (Å²) in [6.45, 7) is 5.51. The van der Waals surface area contributed by atoms with Gasteiger partial charge in [0.2, 0.25) is 0 Å². The van der Waals surface area contributed by atoms with E-state index in [1.54, 1.807) is 26.0 Å². The third-order valence-corrected chi connectivity index (χ3v) is 3.06. The smallest absolute Gasteiger partial charge is 0.345 e. The molecule has 0 saturated carbocycles. The lowest BCUT2D eigenvalue weighted by Crippen LogP contribution is -2.18. The highest BCUT2D eigenvalue weighted by molar-refractivity contribution is 6.17. The molecule has 0 aliphatic carbocycles. The van der Waals surface area contributed by atoms with E-state index >= 15 is 0 Å². The number of hydrogen-bond donors (Lipinski definition) is 0. The molecule has 0 aromatic heterocycles. The van der Waals surface area contributed by atoms with E-state index in [9.17, 15) is 9.59 Å². The van der Waals surface area contributed by atoms with Crippen LogP contribution in [0.3, 0.4) is 0 Å². The van der Waals surface area contributed by atoms with Crippen LogP contribution in [0.5, 0.6) is 11.5 Å². The Labute approximate surface area is 136 Å². The summed E-state index contributed by atoms with van der Waals surface area (Å²) in [7, 11) is 3.05. The minimum atomic E-state index is -0.722. The van der Waals surface area contributed by atoms with Gasteiger partial charge in [0, 0.05) is 0 Å². The second-order valence-electron chi connectivity index (χ2n) is 4.56. The molecule has 0 radical (unpaired) electrons. The predicted octanol–water partition coefficient (Wildman–Crippen LogP) is 2.52. The first-order chi connectivity index (χ1) is 11.0. The summed E-state index contributed by atoms with van der Waals surface area (Å²) >= 11 is 0. The maximum Gasteiger partial charge on any atom is 0.345 e. The highest BCUT2D eigenvalue weighted by Gasteiger charge is 2.21. The molecule has 126 valence electrons. The topological polar surface area (TPSA) is 71.1 Å². The maximum atomic E-state index is 12.0. The lowest BCUT2D eigenvalue weighted by molar-refractivity contribution is -0.146. The Morgan fingerprint density at radius 3 is 1.87 bits per heavy atom. The third kappa shape index (κ3) is 4.74. The van der Waals surface area contributed by atoms with Crippen LogP contribution in [0.2, 0.25) is 0 Å². The summed E-state index contributed by atoms with van der Waals surface area (Å²) < 4.78 is 20.3. The molecule has 0 saturated heterocycles. The summed E-state index contributed by atoms with van der Waals surface area (Å²) in [5.74, 6) is -0.382. The van der Waals surface area contributed by atoms with Crippen molar-refractivity contribution in [2.45, 2.75) is 20.8 Å². The molecule has 0 amide bonds. The molecular formula is C17H22O6. The van der Waals surface area contributed by atoms with Gasteiger partial charge in [0.1, 0.15) is 5.57 Å². The van der Waals surface area contributed by atoms with Crippen LogP contribution in [0.4, 0.5) is 0 Å². The van der Waals surface area contributed by atoms with Crippen molar-refractivity contribution in [2.75, 3.05) is 27.4 Å². The largest absolute Gasteiger partial charge is 0.493 e. The minimum Gasteiger partial charge on any atom is -0.493 e. The van der Waals surface area contributed by atoms with Crippen LogP contribution in [0, 0.1) is 6.92 Å². The van der Waals surface area contributed by atoms with Crippen molar-refractivity contribution in [1.29, 1.82) is 0 Å². The molecule has 0 bridgehead atoms. The van der Waals surface area contributed by atoms with Crippen molar-refractivity contribution >= 4 is 18.0 Å². The van der Waals surface area contributed by atoms with Gasteiger partial charge in [0.15, 0.2) is 11.5 Å². The van der Waals surface area contributed by atoms with Crippen molar-refractivity contribution in [1.82, 2.24) is 0 Å². The van der Waals surface area contributed by atoms with Crippen molar-refractivity contribution in [3.8, 4) is 11.5 Å². The second kappa shape index (κ2) is 8.82. The zero-order valence-electron chi connectivity index (χ0n) is 14.1. The van der Waals surface area contributed by atoms with Crippen LogP contribution in [-0.2, 0) is 19.1 Å². The molecular weight excluding hydrogens is 300 g/mol. The quantitative estimate of drug-likeness (QED) is 0.332. The Morgan fingerprint density at radius 1 is 0.957 bits per heavy atom. The first-order valence-corrected chi connectivity index (χ1v) is 7.26. The van der Waals surface area contributed by atoms with Gasteiger partial charge < -0.3 is 18.9 Å². The van der Waals surface area contributed by atoms with Gasteiger partial charge in [-0.25, -0.2) is 9.59 Å². The van der Waals surface area contributed by atoms with Gasteiger partial charge in [-0.05, 0) is 50.1 Å². The zero-order valence-corrected chi connectivity index (χ0v) is 14.1. The van der Waals surface area contributed by atoms with Gasteiger partial charge in [-0.15, -0.1) is 0 Å². The van der Waals surface area contributed by atoms with Gasteiger partial charge in [-0.1, -0.05) is 0 Å². The lowest BCUT2D eigenvalue weighted by atomic mass is 10.0. The molecule has 0 atom stereocenters. The van der Waals surface area contributed by atoms with E-state index in [1.165, 1.54) is 20.3 Å². The molecule has 1 aromatic carbocycles. The highest BCUT2D eigenvalue weighted by atomic mass is 16.6. The van der Waals surface area contributed by atoms with Crippen LogP contribution < -0.4 is 9.47 Å². The van der Waals surface area contributed by atoms with Crippen molar-refractivity contribution in [3.63, 3.8) is 0 Å². The maximum absolute atomic E-state index is 12.0. The summed E-state index contributed by atoms with van der Waals surface area (Å²) in [4.78, 5) is 24.0. The van der Waals surface area contributed by atoms with Crippen LogP contribution in [0.25, 0.3) is 6.08 Å². The fourth-order valence-corrected chi connectivity index (χ4v) is 1.93. The SMILES string of the molecule is CCOC(=O)C(=Cc1cc(OC)c(OC)cc1C)C(=O)OCC. The number of carbonyl (C=O) groups is 2. The van der Waals surface area contributed by atoms with E-state index in [1.807, 2.05) is 6.92 Å². The predicted molar refractivity (Wildman–Crippen MR) is 85.5 cm³/mol. The van der Waals surface area contributed by atoms with Gasteiger partial charge in [0.25, 0.3) is 0 Å². The average molecular weight is 322 g/mol. The molecule has 6 nitrogen and oxygen atoms in total. The normalized spacial score (nSPS) is 9.78. The Bertz CT molecular complexity index is 583. The fourth-order valence-electron chi connectivity index (χ4n) is 1.93. The van der Waals surface area contributed by atoms with Crippen LogP contribution >= 0.6 is 0 Å². The van der Waals surface area contributed by atoms with Gasteiger partial charge >= 0.3 is 11.9 Å². The lowest BCUT2D eigenvalue weighted by Gasteiger charge is -2.12. The number of carbonyl (C=O) groups excluding carboxylic acids is 2. The van der Waals surface area contributed by atoms with Crippen molar-refractivity contribution < 1.29 is 28.5 Å². The number of esters is 2. The van der Waals surface area contributed by atoms with E-state index in [0.717, 1.165) is 5.56 Å². The number of ether oxygens (including phenoxy) is 4. The average Bonchev–Trinajstić information content (AvgIpc) is 2.53. The Morgan fingerprint density at radius 2 is 1.43 bits per heavy atom. The second-order valence-corrected chi connectivity index (χ2v) is 4.56. The molecule has 0 aliphatic heterocycles. The molecule has 23 heavy (non-hydrogen) atoms. The number of rotatable bonds is 7. The highest BCUT2D eigenvalue weighted by Crippen LogP contribution is 2.31.